The summed E-state index contributed by atoms with van der Waals surface area (Å²) in [5.74, 6) is 2.10. The first-order valence-corrected chi connectivity index (χ1v) is 8.28. The van der Waals surface area contributed by atoms with E-state index in [0.29, 0.717) is 11.5 Å². The smallest absolute Gasteiger partial charge is 0.00136 e. The lowest BCUT2D eigenvalue weighted by atomic mass is 9.75. The number of hydrogen-bond donors (Lipinski definition) is 1. The molecule has 2 aliphatic carbocycles. The zero-order valence-corrected chi connectivity index (χ0v) is 13.5. The lowest BCUT2D eigenvalue weighted by Crippen LogP contribution is -2.38. The van der Waals surface area contributed by atoms with Gasteiger partial charge in [0.1, 0.15) is 0 Å². The molecule has 3 rings (SSSR count). The molecule has 0 spiro atoms. The highest BCUT2D eigenvalue weighted by atomic mass is 14.9. The highest BCUT2D eigenvalue weighted by molar-refractivity contribution is 5.35. The maximum Gasteiger partial charge on any atom is 0.00136 e. The third-order valence-electron chi connectivity index (χ3n) is 5.54. The summed E-state index contributed by atoms with van der Waals surface area (Å²) in [6.07, 6.45) is 5.69. The summed E-state index contributed by atoms with van der Waals surface area (Å²) in [4.78, 5) is 0. The van der Waals surface area contributed by atoms with Crippen molar-refractivity contribution in [1.82, 2.24) is 5.32 Å². The second-order valence-corrected chi connectivity index (χ2v) is 7.75. The lowest BCUT2D eigenvalue weighted by molar-refractivity contribution is 0.241. The Morgan fingerprint density at radius 3 is 2.30 bits per heavy atom. The van der Waals surface area contributed by atoms with Gasteiger partial charge in [0.2, 0.25) is 0 Å². The molecule has 2 atom stereocenters. The molecule has 2 aliphatic rings. The highest BCUT2D eigenvalue weighted by Crippen LogP contribution is 2.60. The third-order valence-corrected chi connectivity index (χ3v) is 5.54. The standard InChI is InChI=1S/C19H29N/c1-13(2)20-12-19(9-16-8-17(16)10-19)11-18-14(3)6-5-7-15(18)4/h5-7,13,16-17,20H,8-12H2,1-4H3. The van der Waals surface area contributed by atoms with Gasteiger partial charge in [0.25, 0.3) is 0 Å². The minimum atomic E-state index is 0.523. The van der Waals surface area contributed by atoms with Crippen molar-refractivity contribution in [1.29, 1.82) is 0 Å². The molecule has 0 aliphatic heterocycles. The van der Waals surface area contributed by atoms with Crippen LogP contribution >= 0.6 is 0 Å². The number of nitrogens with one attached hydrogen (secondary N) is 1. The van der Waals surface area contributed by atoms with Gasteiger partial charge in [-0.15, -0.1) is 0 Å². The zero-order chi connectivity index (χ0) is 14.3. The number of fused-ring (bicyclic) bond motifs is 1. The Balaban J connectivity index is 1.80. The molecular formula is C19H29N. The van der Waals surface area contributed by atoms with E-state index in [1.54, 1.807) is 5.56 Å². The minimum Gasteiger partial charge on any atom is -0.314 e. The monoisotopic (exact) mass is 271 g/mol. The van der Waals surface area contributed by atoms with Gasteiger partial charge in [-0.1, -0.05) is 32.0 Å². The van der Waals surface area contributed by atoms with E-state index in [-0.39, 0.29) is 0 Å². The van der Waals surface area contributed by atoms with Crippen LogP contribution in [0.2, 0.25) is 0 Å². The maximum absolute atomic E-state index is 3.73. The Kier molecular flexibility index (Phi) is 3.66. The lowest BCUT2D eigenvalue weighted by Gasteiger charge is -2.33. The summed E-state index contributed by atoms with van der Waals surface area (Å²) < 4.78 is 0. The molecule has 0 saturated heterocycles. The topological polar surface area (TPSA) is 12.0 Å². The molecule has 0 bridgehead atoms. The normalized spacial score (nSPS) is 31.6. The van der Waals surface area contributed by atoms with Crippen LogP contribution in [0.3, 0.4) is 0 Å². The third kappa shape index (κ3) is 2.79. The molecule has 0 radical (unpaired) electrons. The molecule has 110 valence electrons. The van der Waals surface area contributed by atoms with Gasteiger partial charge in [0.05, 0.1) is 0 Å². The molecule has 20 heavy (non-hydrogen) atoms. The van der Waals surface area contributed by atoms with Crippen molar-refractivity contribution in [2.24, 2.45) is 17.3 Å². The average molecular weight is 271 g/mol. The number of benzene rings is 1. The van der Waals surface area contributed by atoms with E-state index in [2.05, 4.69) is 51.2 Å². The highest BCUT2D eigenvalue weighted by Gasteiger charge is 2.53. The molecule has 1 aromatic carbocycles. The first-order chi connectivity index (χ1) is 9.49. The second kappa shape index (κ2) is 5.18. The molecule has 1 N–H and O–H groups in total. The van der Waals surface area contributed by atoms with Gasteiger partial charge in [-0.25, -0.2) is 0 Å². The summed E-state index contributed by atoms with van der Waals surface area (Å²) in [5, 5.41) is 3.73. The summed E-state index contributed by atoms with van der Waals surface area (Å²) in [7, 11) is 0. The Morgan fingerprint density at radius 2 is 1.75 bits per heavy atom. The average Bonchev–Trinajstić information content (AvgIpc) is 3.00. The largest absolute Gasteiger partial charge is 0.314 e. The van der Waals surface area contributed by atoms with Gasteiger partial charge in [-0.3, -0.25) is 0 Å². The van der Waals surface area contributed by atoms with Crippen molar-refractivity contribution in [3.8, 4) is 0 Å². The van der Waals surface area contributed by atoms with Crippen LogP contribution in [0, 0.1) is 31.1 Å². The summed E-state index contributed by atoms with van der Waals surface area (Å²) >= 11 is 0. The Labute approximate surface area is 124 Å². The zero-order valence-electron chi connectivity index (χ0n) is 13.5. The molecule has 2 fully saturated rings. The van der Waals surface area contributed by atoms with E-state index in [4.69, 9.17) is 0 Å². The van der Waals surface area contributed by atoms with Crippen LogP contribution in [0.1, 0.15) is 49.8 Å². The van der Waals surface area contributed by atoms with Crippen molar-refractivity contribution < 1.29 is 0 Å². The van der Waals surface area contributed by atoms with Crippen molar-refractivity contribution >= 4 is 0 Å². The summed E-state index contributed by atoms with van der Waals surface area (Å²) in [5.41, 5.74) is 5.10. The molecular weight excluding hydrogens is 242 g/mol. The van der Waals surface area contributed by atoms with E-state index < -0.39 is 0 Å². The molecule has 1 aromatic rings. The van der Waals surface area contributed by atoms with E-state index in [1.165, 1.54) is 43.4 Å². The van der Waals surface area contributed by atoms with Crippen LogP contribution in [0.15, 0.2) is 18.2 Å². The van der Waals surface area contributed by atoms with Crippen LogP contribution in [0.4, 0.5) is 0 Å². The van der Waals surface area contributed by atoms with Crippen LogP contribution in [0.5, 0.6) is 0 Å². The van der Waals surface area contributed by atoms with Crippen LogP contribution < -0.4 is 5.32 Å². The maximum atomic E-state index is 3.73. The Bertz CT molecular complexity index is 458. The van der Waals surface area contributed by atoms with Crippen molar-refractivity contribution in [2.75, 3.05) is 6.54 Å². The van der Waals surface area contributed by atoms with Crippen molar-refractivity contribution in [3.63, 3.8) is 0 Å². The van der Waals surface area contributed by atoms with E-state index >= 15 is 0 Å². The van der Waals surface area contributed by atoms with Gasteiger partial charge >= 0.3 is 0 Å². The van der Waals surface area contributed by atoms with E-state index in [9.17, 15) is 0 Å². The molecule has 2 saturated carbocycles. The predicted molar refractivity (Wildman–Crippen MR) is 86.0 cm³/mol. The first kappa shape index (κ1) is 14.1. The first-order valence-electron chi connectivity index (χ1n) is 8.28. The van der Waals surface area contributed by atoms with E-state index in [0.717, 1.165) is 11.8 Å². The summed E-state index contributed by atoms with van der Waals surface area (Å²) in [6.45, 7) is 10.3. The van der Waals surface area contributed by atoms with Crippen molar-refractivity contribution in [3.05, 3.63) is 34.9 Å². The van der Waals surface area contributed by atoms with Gasteiger partial charge in [0.15, 0.2) is 0 Å². The molecule has 1 nitrogen and oxygen atoms in total. The van der Waals surface area contributed by atoms with Gasteiger partial charge in [-0.2, -0.15) is 0 Å². The van der Waals surface area contributed by atoms with Crippen LogP contribution in [-0.4, -0.2) is 12.6 Å². The fourth-order valence-electron chi connectivity index (χ4n) is 4.28. The van der Waals surface area contributed by atoms with Gasteiger partial charge in [0, 0.05) is 12.6 Å². The number of aryl methyl sites for hydroxylation is 2. The number of rotatable bonds is 5. The SMILES string of the molecule is Cc1cccc(C)c1CC1(CNC(C)C)CC2CC2C1. The molecule has 0 aromatic heterocycles. The van der Waals surface area contributed by atoms with Gasteiger partial charge in [-0.05, 0) is 73.5 Å². The fourth-order valence-corrected chi connectivity index (χ4v) is 4.28. The van der Waals surface area contributed by atoms with Gasteiger partial charge < -0.3 is 5.32 Å². The second-order valence-electron chi connectivity index (χ2n) is 7.75. The molecule has 1 heteroatoms. The fraction of sp³-hybridized carbons (Fsp3) is 0.684. The van der Waals surface area contributed by atoms with Crippen molar-refractivity contribution in [2.45, 2.75) is 59.4 Å². The Hall–Kier alpha value is -0.820. The van der Waals surface area contributed by atoms with Crippen LogP contribution in [-0.2, 0) is 6.42 Å². The summed E-state index contributed by atoms with van der Waals surface area (Å²) in [6, 6.07) is 7.35. The molecule has 2 unspecified atom stereocenters. The number of hydrogen-bond acceptors (Lipinski definition) is 1. The quantitative estimate of drug-likeness (QED) is 0.843. The van der Waals surface area contributed by atoms with Crippen LogP contribution in [0.25, 0.3) is 0 Å². The molecule has 0 heterocycles. The predicted octanol–water partition coefficient (Wildman–Crippen LogP) is 4.26. The Morgan fingerprint density at radius 1 is 1.15 bits per heavy atom. The minimum absolute atomic E-state index is 0.523. The van der Waals surface area contributed by atoms with E-state index in [1.807, 2.05) is 0 Å². The molecule has 0 amide bonds.